The van der Waals surface area contributed by atoms with Gasteiger partial charge >= 0.3 is 0 Å². The number of amides is 1. The van der Waals surface area contributed by atoms with Crippen molar-refractivity contribution in [2.75, 3.05) is 31.6 Å². The van der Waals surface area contributed by atoms with Crippen LogP contribution in [-0.2, 0) is 26.1 Å². The molecule has 3 rings (SSSR count). The number of anilines is 1. The second-order valence-electron chi connectivity index (χ2n) is 6.16. The molecular formula is C17H21ClN4O4S. The largest absolute Gasteiger partial charge is 0.379 e. The summed E-state index contributed by atoms with van der Waals surface area (Å²) in [6.07, 6.45) is 1.90. The summed E-state index contributed by atoms with van der Waals surface area (Å²) in [4.78, 5) is 12.3. The minimum Gasteiger partial charge on any atom is -0.379 e. The number of ether oxygens (including phenoxy) is 1. The topological polar surface area (TPSA) is 93.5 Å². The Morgan fingerprint density at radius 1 is 1.26 bits per heavy atom. The lowest BCUT2D eigenvalue weighted by atomic mass is 10.3. The fourth-order valence-corrected chi connectivity index (χ4v) is 4.25. The van der Waals surface area contributed by atoms with E-state index in [9.17, 15) is 13.2 Å². The number of nitrogens with zero attached hydrogens (tertiary/aromatic N) is 3. The predicted octanol–water partition coefficient (Wildman–Crippen LogP) is 1.89. The van der Waals surface area contributed by atoms with Gasteiger partial charge in [-0.25, -0.2) is 8.42 Å². The van der Waals surface area contributed by atoms with Gasteiger partial charge in [0.05, 0.1) is 28.8 Å². The third kappa shape index (κ3) is 4.86. The van der Waals surface area contributed by atoms with Crippen molar-refractivity contribution in [1.82, 2.24) is 14.1 Å². The van der Waals surface area contributed by atoms with E-state index in [0.717, 1.165) is 0 Å². The van der Waals surface area contributed by atoms with Crippen LogP contribution in [0.5, 0.6) is 0 Å². The lowest BCUT2D eigenvalue weighted by Crippen LogP contribution is -2.40. The summed E-state index contributed by atoms with van der Waals surface area (Å²) in [5, 5.41) is 7.51. The van der Waals surface area contributed by atoms with E-state index in [1.807, 2.05) is 0 Å². The number of sulfonamides is 1. The molecule has 2 heterocycles. The minimum absolute atomic E-state index is 0.192. The van der Waals surface area contributed by atoms with Gasteiger partial charge < -0.3 is 10.1 Å². The summed E-state index contributed by atoms with van der Waals surface area (Å²) in [6.45, 7) is 3.69. The van der Waals surface area contributed by atoms with Gasteiger partial charge in [0.1, 0.15) is 0 Å². The summed E-state index contributed by atoms with van der Waals surface area (Å²) in [7, 11) is -3.54. The highest BCUT2D eigenvalue weighted by atomic mass is 35.5. The Hall–Kier alpha value is -1.94. The third-order valence-electron chi connectivity index (χ3n) is 4.20. The van der Waals surface area contributed by atoms with Crippen molar-refractivity contribution >= 4 is 33.2 Å². The molecule has 0 spiro atoms. The molecule has 8 nitrogen and oxygen atoms in total. The maximum atomic E-state index is 12.6. The van der Waals surface area contributed by atoms with Gasteiger partial charge in [-0.05, 0) is 31.2 Å². The number of rotatable bonds is 6. The molecule has 0 bridgehead atoms. The molecule has 1 aliphatic rings. The Balaban J connectivity index is 1.57. The van der Waals surface area contributed by atoms with Crippen LogP contribution in [0.3, 0.4) is 0 Å². The Morgan fingerprint density at radius 2 is 1.93 bits per heavy atom. The van der Waals surface area contributed by atoms with Gasteiger partial charge in [-0.2, -0.15) is 9.40 Å². The number of hydrogen-bond donors (Lipinski definition) is 1. The van der Waals surface area contributed by atoms with E-state index in [0.29, 0.717) is 49.3 Å². The Labute approximate surface area is 163 Å². The second-order valence-corrected chi connectivity index (χ2v) is 8.51. The van der Waals surface area contributed by atoms with Gasteiger partial charge in [0.2, 0.25) is 15.9 Å². The predicted molar refractivity (Wildman–Crippen MR) is 101 cm³/mol. The highest BCUT2D eigenvalue weighted by molar-refractivity contribution is 7.89. The fraction of sp³-hybridized carbons (Fsp3) is 0.412. The van der Waals surface area contributed by atoms with Gasteiger partial charge in [0.25, 0.3) is 0 Å². The van der Waals surface area contributed by atoms with Crippen LogP contribution in [0.1, 0.15) is 12.1 Å². The molecule has 0 unspecified atom stereocenters. The lowest BCUT2D eigenvalue weighted by Gasteiger charge is -2.26. The van der Waals surface area contributed by atoms with Gasteiger partial charge in [-0.3, -0.25) is 9.48 Å². The first-order chi connectivity index (χ1) is 12.9. The molecule has 1 saturated heterocycles. The second kappa shape index (κ2) is 8.39. The van der Waals surface area contributed by atoms with Gasteiger partial charge in [0.15, 0.2) is 0 Å². The molecule has 1 aromatic carbocycles. The monoisotopic (exact) mass is 412 g/mol. The first kappa shape index (κ1) is 19.8. The van der Waals surface area contributed by atoms with E-state index in [4.69, 9.17) is 16.3 Å². The Kier molecular flexibility index (Phi) is 6.15. The van der Waals surface area contributed by atoms with E-state index in [1.165, 1.54) is 16.4 Å². The van der Waals surface area contributed by atoms with Gasteiger partial charge in [-0.15, -0.1) is 0 Å². The molecule has 27 heavy (non-hydrogen) atoms. The molecule has 1 fully saturated rings. The molecule has 0 saturated carbocycles. The lowest BCUT2D eigenvalue weighted by molar-refractivity contribution is -0.116. The summed E-state index contributed by atoms with van der Waals surface area (Å²) >= 11 is 5.94. The van der Waals surface area contributed by atoms with Crippen molar-refractivity contribution in [2.45, 2.75) is 24.8 Å². The molecule has 10 heteroatoms. The number of carbonyl (C=O) groups is 1. The van der Waals surface area contributed by atoms with Crippen LogP contribution in [0.2, 0.25) is 5.02 Å². The Bertz CT molecular complexity index is 886. The van der Waals surface area contributed by atoms with Crippen LogP contribution in [0.15, 0.2) is 35.4 Å². The first-order valence-electron chi connectivity index (χ1n) is 8.53. The number of hydrogen-bond acceptors (Lipinski definition) is 5. The van der Waals surface area contributed by atoms with E-state index in [1.54, 1.807) is 29.9 Å². The van der Waals surface area contributed by atoms with Crippen LogP contribution in [0, 0.1) is 6.92 Å². The molecule has 1 aliphatic heterocycles. The first-order valence-corrected chi connectivity index (χ1v) is 10.4. The van der Waals surface area contributed by atoms with E-state index in [-0.39, 0.29) is 17.2 Å². The van der Waals surface area contributed by atoms with Crippen molar-refractivity contribution in [3.05, 3.63) is 41.2 Å². The maximum Gasteiger partial charge on any atom is 0.243 e. The zero-order valence-corrected chi connectivity index (χ0v) is 16.5. The number of benzene rings is 1. The molecule has 1 N–H and O–H groups in total. The van der Waals surface area contributed by atoms with Crippen molar-refractivity contribution < 1.29 is 17.9 Å². The molecule has 0 radical (unpaired) electrons. The summed E-state index contributed by atoms with van der Waals surface area (Å²) in [5.41, 5.74) is 1.25. The number of carbonyl (C=O) groups excluding carboxylic acids is 1. The van der Waals surface area contributed by atoms with Crippen molar-refractivity contribution in [3.8, 4) is 0 Å². The molecule has 2 aromatic rings. The van der Waals surface area contributed by atoms with E-state index < -0.39 is 10.0 Å². The highest BCUT2D eigenvalue weighted by Crippen LogP contribution is 2.19. The van der Waals surface area contributed by atoms with E-state index in [2.05, 4.69) is 10.4 Å². The molecule has 1 aromatic heterocycles. The molecular weight excluding hydrogens is 392 g/mol. The minimum atomic E-state index is -3.54. The molecule has 0 aliphatic carbocycles. The number of morpholine rings is 1. The van der Waals surface area contributed by atoms with Crippen LogP contribution < -0.4 is 5.32 Å². The van der Waals surface area contributed by atoms with Crippen molar-refractivity contribution in [2.24, 2.45) is 0 Å². The maximum absolute atomic E-state index is 12.6. The molecule has 1 amide bonds. The zero-order chi connectivity index (χ0) is 19.4. The molecule has 0 atom stereocenters. The zero-order valence-electron chi connectivity index (χ0n) is 14.9. The van der Waals surface area contributed by atoms with Crippen LogP contribution >= 0.6 is 11.6 Å². The number of aromatic nitrogens is 2. The summed E-state index contributed by atoms with van der Waals surface area (Å²) in [5.74, 6) is -0.192. The summed E-state index contributed by atoms with van der Waals surface area (Å²) < 4.78 is 33.4. The van der Waals surface area contributed by atoms with Gasteiger partial charge in [0, 0.05) is 37.9 Å². The number of nitrogens with one attached hydrogen (secondary N) is 1. The average Bonchev–Trinajstić information content (AvgIpc) is 2.99. The van der Waals surface area contributed by atoms with Crippen molar-refractivity contribution in [3.63, 3.8) is 0 Å². The number of aryl methyl sites for hydroxylation is 2. The van der Waals surface area contributed by atoms with Crippen LogP contribution in [0.4, 0.5) is 5.69 Å². The fourth-order valence-electron chi connectivity index (χ4n) is 2.69. The smallest absolute Gasteiger partial charge is 0.243 e. The Morgan fingerprint density at radius 3 is 2.52 bits per heavy atom. The average molecular weight is 413 g/mol. The van der Waals surface area contributed by atoms with E-state index >= 15 is 0 Å². The SMILES string of the molecule is Cc1nn(CCC(=O)Nc2ccc(S(=O)(=O)N3CCOCC3)cc2)cc1Cl. The third-order valence-corrected chi connectivity index (χ3v) is 6.48. The van der Waals surface area contributed by atoms with Crippen LogP contribution in [0.25, 0.3) is 0 Å². The van der Waals surface area contributed by atoms with Gasteiger partial charge in [-0.1, -0.05) is 11.6 Å². The van der Waals surface area contributed by atoms with Crippen LogP contribution in [-0.4, -0.2) is 54.7 Å². The quantitative estimate of drug-likeness (QED) is 0.782. The normalized spacial score (nSPS) is 15.6. The number of halogens is 1. The highest BCUT2D eigenvalue weighted by Gasteiger charge is 2.26. The van der Waals surface area contributed by atoms with Crippen molar-refractivity contribution in [1.29, 1.82) is 0 Å². The summed E-state index contributed by atoms with van der Waals surface area (Å²) in [6, 6.07) is 6.16. The molecule has 146 valence electrons. The standard InChI is InChI=1S/C17H21ClN4O4S/c1-13-16(18)12-21(20-13)7-6-17(23)19-14-2-4-15(5-3-14)27(24,25)22-8-10-26-11-9-22/h2-5,12H,6-11H2,1H3,(H,19,23).